The van der Waals surface area contributed by atoms with Crippen molar-refractivity contribution in [1.29, 1.82) is 0 Å². The van der Waals surface area contributed by atoms with E-state index in [1.165, 1.54) is 24.2 Å². The highest BCUT2D eigenvalue weighted by Crippen LogP contribution is 2.40. The minimum atomic E-state index is -0.149. The average molecular weight is 320 g/mol. The summed E-state index contributed by atoms with van der Waals surface area (Å²) < 4.78 is 5.18. The van der Waals surface area contributed by atoms with Gasteiger partial charge in [-0.1, -0.05) is 25.9 Å². The van der Waals surface area contributed by atoms with Crippen molar-refractivity contribution in [2.45, 2.75) is 57.8 Å². The molecule has 118 valence electrons. The van der Waals surface area contributed by atoms with E-state index in [9.17, 15) is 4.79 Å². The third kappa shape index (κ3) is 3.71. The number of nitrogens with zero attached hydrogens (tertiary/aromatic N) is 3. The zero-order chi connectivity index (χ0) is 15.7. The largest absolute Gasteiger partial charge is 0.339 e. The van der Waals surface area contributed by atoms with Gasteiger partial charge in [0.15, 0.2) is 11.0 Å². The van der Waals surface area contributed by atoms with Crippen LogP contribution in [0.4, 0.5) is 5.13 Å². The second-order valence-corrected chi connectivity index (χ2v) is 7.52. The summed E-state index contributed by atoms with van der Waals surface area (Å²) in [5, 5.41) is 9.48. The first-order chi connectivity index (χ1) is 10.4. The second-order valence-electron chi connectivity index (χ2n) is 6.66. The van der Waals surface area contributed by atoms with E-state index >= 15 is 0 Å². The Kier molecular flexibility index (Phi) is 3.99. The molecule has 22 heavy (non-hydrogen) atoms. The van der Waals surface area contributed by atoms with Crippen LogP contribution in [0.15, 0.2) is 9.90 Å². The summed E-state index contributed by atoms with van der Waals surface area (Å²) in [6.45, 7) is 6.07. The molecule has 1 saturated carbocycles. The fourth-order valence-electron chi connectivity index (χ4n) is 1.97. The van der Waals surface area contributed by atoms with Crippen molar-refractivity contribution in [3.8, 4) is 0 Å². The first-order valence-electron chi connectivity index (χ1n) is 7.50. The Bertz CT molecular complexity index is 667. The van der Waals surface area contributed by atoms with Crippen LogP contribution in [0.25, 0.3) is 0 Å². The minimum absolute atomic E-state index is 0.0767. The molecule has 7 heteroatoms. The highest BCUT2D eigenvalue weighted by molar-refractivity contribution is 7.13. The number of hydrogen-bond donors (Lipinski definition) is 1. The van der Waals surface area contributed by atoms with Crippen LogP contribution in [0.1, 0.15) is 63.4 Å². The number of amides is 1. The Hall–Kier alpha value is -1.76. The maximum absolute atomic E-state index is 11.9. The average Bonchev–Trinajstić information content (AvgIpc) is 2.99. The van der Waals surface area contributed by atoms with Gasteiger partial charge in [0.1, 0.15) is 0 Å². The molecule has 2 heterocycles. The molecule has 3 rings (SSSR count). The normalized spacial score (nSPS) is 15.0. The lowest BCUT2D eigenvalue weighted by Crippen LogP contribution is -2.14. The van der Waals surface area contributed by atoms with Crippen LogP contribution < -0.4 is 5.32 Å². The summed E-state index contributed by atoms with van der Waals surface area (Å²) in [6, 6.07) is 0. The molecule has 1 N–H and O–H groups in total. The molecule has 0 bridgehead atoms. The van der Waals surface area contributed by atoms with Crippen LogP contribution in [0.2, 0.25) is 0 Å². The van der Waals surface area contributed by atoms with Gasteiger partial charge in [-0.15, -0.1) is 11.3 Å². The molecule has 1 amide bonds. The first-order valence-corrected chi connectivity index (χ1v) is 8.38. The lowest BCUT2D eigenvalue weighted by Gasteiger charge is -2.10. The number of aromatic nitrogens is 3. The summed E-state index contributed by atoms with van der Waals surface area (Å²) in [4.78, 5) is 20.7. The van der Waals surface area contributed by atoms with Crippen molar-refractivity contribution < 1.29 is 9.32 Å². The molecule has 1 aliphatic rings. The number of carbonyl (C=O) groups is 1. The van der Waals surface area contributed by atoms with Gasteiger partial charge in [0.05, 0.1) is 5.69 Å². The highest BCUT2D eigenvalue weighted by atomic mass is 32.1. The van der Waals surface area contributed by atoms with Gasteiger partial charge in [-0.3, -0.25) is 4.79 Å². The maximum Gasteiger partial charge on any atom is 0.227 e. The van der Waals surface area contributed by atoms with E-state index in [-0.39, 0.29) is 11.3 Å². The lowest BCUT2D eigenvalue weighted by molar-refractivity contribution is -0.116. The number of hydrogen-bond acceptors (Lipinski definition) is 6. The Morgan fingerprint density at radius 2 is 2.18 bits per heavy atom. The molecule has 2 aromatic heterocycles. The Labute approximate surface area is 133 Å². The van der Waals surface area contributed by atoms with Gasteiger partial charge in [0.25, 0.3) is 0 Å². The quantitative estimate of drug-likeness (QED) is 0.914. The van der Waals surface area contributed by atoms with E-state index in [2.05, 4.69) is 20.4 Å². The number of carbonyl (C=O) groups excluding carboxylic acids is 1. The first kappa shape index (κ1) is 15.1. The van der Waals surface area contributed by atoms with Crippen LogP contribution in [0, 0.1) is 0 Å². The standard InChI is InChI=1S/C15H20N4O2S/c1-15(2,3)13-18-12(21-19-13)7-6-11(20)17-14-16-10(8-22-14)9-4-5-9/h8-9H,4-7H2,1-3H3,(H,16,17,20). The van der Waals surface area contributed by atoms with Crippen molar-refractivity contribution in [2.75, 3.05) is 5.32 Å². The Balaban J connectivity index is 1.50. The molecule has 6 nitrogen and oxygen atoms in total. The summed E-state index contributed by atoms with van der Waals surface area (Å²) >= 11 is 1.48. The van der Waals surface area contributed by atoms with E-state index in [1.54, 1.807) is 0 Å². The van der Waals surface area contributed by atoms with Gasteiger partial charge < -0.3 is 9.84 Å². The Morgan fingerprint density at radius 1 is 1.41 bits per heavy atom. The predicted molar refractivity (Wildman–Crippen MR) is 84.0 cm³/mol. The van der Waals surface area contributed by atoms with Crippen molar-refractivity contribution >= 4 is 22.4 Å². The molecule has 1 fully saturated rings. The zero-order valence-corrected chi connectivity index (χ0v) is 13.9. The van der Waals surface area contributed by atoms with Crippen LogP contribution in [0.5, 0.6) is 0 Å². The van der Waals surface area contributed by atoms with Crippen LogP contribution in [-0.2, 0) is 16.6 Å². The van der Waals surface area contributed by atoms with E-state index in [4.69, 9.17) is 4.52 Å². The van der Waals surface area contributed by atoms with Crippen molar-refractivity contribution in [3.05, 3.63) is 22.8 Å². The SMILES string of the molecule is CC(C)(C)c1noc(CCC(=O)Nc2nc(C3CC3)cs2)n1. The predicted octanol–water partition coefficient (Wildman–Crippen LogP) is 3.27. The third-order valence-electron chi connectivity index (χ3n) is 3.47. The van der Waals surface area contributed by atoms with Gasteiger partial charge in [-0.2, -0.15) is 4.98 Å². The minimum Gasteiger partial charge on any atom is -0.339 e. The van der Waals surface area contributed by atoms with Crippen molar-refractivity contribution in [2.24, 2.45) is 0 Å². The molecule has 0 unspecified atom stereocenters. The number of aryl methyl sites for hydroxylation is 1. The maximum atomic E-state index is 11.9. The molecule has 0 radical (unpaired) electrons. The lowest BCUT2D eigenvalue weighted by atomic mass is 9.96. The molecule has 1 aliphatic carbocycles. The van der Waals surface area contributed by atoms with E-state index in [0.29, 0.717) is 35.6 Å². The van der Waals surface area contributed by atoms with Crippen molar-refractivity contribution in [1.82, 2.24) is 15.1 Å². The van der Waals surface area contributed by atoms with Gasteiger partial charge in [-0.05, 0) is 12.8 Å². The smallest absolute Gasteiger partial charge is 0.227 e. The van der Waals surface area contributed by atoms with Gasteiger partial charge >= 0.3 is 0 Å². The molecule has 0 saturated heterocycles. The van der Waals surface area contributed by atoms with E-state index in [0.717, 1.165) is 5.69 Å². The highest BCUT2D eigenvalue weighted by Gasteiger charge is 2.26. The number of rotatable bonds is 5. The molecular weight excluding hydrogens is 300 g/mol. The molecule has 0 aromatic carbocycles. The van der Waals surface area contributed by atoms with Crippen LogP contribution >= 0.6 is 11.3 Å². The fraction of sp³-hybridized carbons (Fsp3) is 0.600. The van der Waals surface area contributed by atoms with Gasteiger partial charge in [0, 0.05) is 29.6 Å². The molecular formula is C15H20N4O2S. The summed E-state index contributed by atoms with van der Waals surface area (Å²) in [5.41, 5.74) is 0.955. The van der Waals surface area contributed by atoms with Crippen molar-refractivity contribution in [3.63, 3.8) is 0 Å². The van der Waals surface area contributed by atoms with E-state index < -0.39 is 0 Å². The zero-order valence-electron chi connectivity index (χ0n) is 13.0. The van der Waals surface area contributed by atoms with Gasteiger partial charge in [-0.25, -0.2) is 4.98 Å². The summed E-state index contributed by atoms with van der Waals surface area (Å²) in [6.07, 6.45) is 3.18. The topological polar surface area (TPSA) is 80.9 Å². The summed E-state index contributed by atoms with van der Waals surface area (Å²) in [7, 11) is 0. The van der Waals surface area contributed by atoms with Crippen LogP contribution in [0.3, 0.4) is 0 Å². The molecule has 2 aromatic rings. The second kappa shape index (κ2) is 5.79. The summed E-state index contributed by atoms with van der Waals surface area (Å²) in [5.74, 6) is 1.69. The fourth-order valence-corrected chi connectivity index (χ4v) is 2.78. The van der Waals surface area contributed by atoms with E-state index in [1.807, 2.05) is 26.2 Å². The Morgan fingerprint density at radius 3 is 2.82 bits per heavy atom. The molecule has 0 spiro atoms. The number of anilines is 1. The monoisotopic (exact) mass is 320 g/mol. The number of thiazole rings is 1. The number of nitrogens with one attached hydrogen (secondary N) is 1. The third-order valence-corrected chi connectivity index (χ3v) is 4.24. The van der Waals surface area contributed by atoms with Gasteiger partial charge in [0.2, 0.25) is 11.8 Å². The molecule has 0 aliphatic heterocycles. The molecule has 0 atom stereocenters. The van der Waals surface area contributed by atoms with Crippen LogP contribution in [-0.4, -0.2) is 21.0 Å².